The van der Waals surface area contributed by atoms with Gasteiger partial charge in [-0.2, -0.15) is 5.10 Å². The maximum atomic E-state index is 11.9. The van der Waals surface area contributed by atoms with Gasteiger partial charge in [0.15, 0.2) is 0 Å². The molecule has 0 aromatic heterocycles. The molecule has 4 nitrogen and oxygen atoms in total. The van der Waals surface area contributed by atoms with Crippen LogP contribution in [0.5, 0.6) is 0 Å². The summed E-state index contributed by atoms with van der Waals surface area (Å²) in [5.41, 5.74) is 3.37. The maximum Gasteiger partial charge on any atom is 0.254 e. The Morgan fingerprint density at radius 3 is 2.57 bits per heavy atom. The second-order valence-electron chi connectivity index (χ2n) is 5.36. The second kappa shape index (κ2) is 8.80. The summed E-state index contributed by atoms with van der Waals surface area (Å²) >= 11 is 6.02. The molecule has 1 aliphatic rings. The van der Waals surface area contributed by atoms with Crippen molar-refractivity contribution < 1.29 is 4.79 Å². The molecule has 0 atom stereocenters. The lowest BCUT2D eigenvalue weighted by molar-refractivity contribution is -0.122. The van der Waals surface area contributed by atoms with Crippen LogP contribution in [0.4, 0.5) is 0 Å². The molecule has 2 rings (SSSR count). The molecule has 0 radical (unpaired) electrons. The first-order chi connectivity index (χ1) is 10.3. The fourth-order valence-corrected chi connectivity index (χ4v) is 2.65. The first kappa shape index (κ1) is 16.0. The Hall–Kier alpha value is -1.39. The predicted molar refractivity (Wildman–Crippen MR) is 86.7 cm³/mol. The van der Waals surface area contributed by atoms with Crippen LogP contribution in [0.1, 0.15) is 37.7 Å². The summed E-state index contributed by atoms with van der Waals surface area (Å²) in [4.78, 5) is 14.1. The van der Waals surface area contributed by atoms with Crippen molar-refractivity contribution in [3.63, 3.8) is 0 Å². The average Bonchev–Trinajstić information content (AvgIpc) is 2.44. The van der Waals surface area contributed by atoms with Gasteiger partial charge in [-0.3, -0.25) is 9.69 Å². The molecule has 1 N–H and O–H groups in total. The highest BCUT2D eigenvalue weighted by Gasteiger charge is 2.11. The van der Waals surface area contributed by atoms with Crippen molar-refractivity contribution in [2.45, 2.75) is 32.1 Å². The molecule has 1 saturated heterocycles. The van der Waals surface area contributed by atoms with Gasteiger partial charge in [0.2, 0.25) is 0 Å². The summed E-state index contributed by atoms with van der Waals surface area (Å²) in [6.07, 6.45) is 7.79. The van der Waals surface area contributed by atoms with E-state index in [2.05, 4.69) is 15.4 Å². The summed E-state index contributed by atoms with van der Waals surface area (Å²) in [5, 5.41) is 4.60. The van der Waals surface area contributed by atoms with Gasteiger partial charge in [0.1, 0.15) is 0 Å². The Kier molecular flexibility index (Phi) is 6.70. The summed E-state index contributed by atoms with van der Waals surface area (Å²) < 4.78 is 0. The van der Waals surface area contributed by atoms with E-state index < -0.39 is 0 Å². The molecular formula is C16H22ClN3O. The molecule has 0 spiro atoms. The fraction of sp³-hybridized carbons (Fsp3) is 0.500. The summed E-state index contributed by atoms with van der Waals surface area (Å²) in [7, 11) is 0. The van der Waals surface area contributed by atoms with Gasteiger partial charge in [0, 0.05) is 10.6 Å². The van der Waals surface area contributed by atoms with Crippen LogP contribution in [-0.2, 0) is 4.79 Å². The molecule has 21 heavy (non-hydrogen) atoms. The van der Waals surface area contributed by atoms with E-state index in [1.54, 1.807) is 12.3 Å². The lowest BCUT2D eigenvalue weighted by Gasteiger charge is -2.23. The van der Waals surface area contributed by atoms with E-state index in [4.69, 9.17) is 11.6 Å². The number of benzene rings is 1. The average molecular weight is 308 g/mol. The van der Waals surface area contributed by atoms with Gasteiger partial charge >= 0.3 is 0 Å². The van der Waals surface area contributed by atoms with Crippen LogP contribution in [0.25, 0.3) is 0 Å². The SMILES string of the molecule is O=C(CN1CCCCCCC1)NN=Cc1ccccc1Cl. The number of hydrogen-bond donors (Lipinski definition) is 1. The van der Waals surface area contributed by atoms with Crippen molar-refractivity contribution in [2.75, 3.05) is 19.6 Å². The van der Waals surface area contributed by atoms with Gasteiger partial charge in [-0.05, 0) is 32.0 Å². The van der Waals surface area contributed by atoms with E-state index in [0.717, 1.165) is 18.7 Å². The number of hydrazone groups is 1. The van der Waals surface area contributed by atoms with Gasteiger partial charge in [-0.1, -0.05) is 49.1 Å². The molecule has 0 unspecified atom stereocenters. The standard InChI is InChI=1S/C16H22ClN3O/c17-15-9-5-4-8-14(15)12-18-19-16(21)13-20-10-6-2-1-3-7-11-20/h4-5,8-9,12H,1-3,6-7,10-11,13H2,(H,19,21). The van der Waals surface area contributed by atoms with E-state index in [0.29, 0.717) is 11.6 Å². The van der Waals surface area contributed by atoms with E-state index in [1.165, 1.54) is 32.1 Å². The normalized spacial score (nSPS) is 17.4. The molecule has 1 amide bonds. The van der Waals surface area contributed by atoms with Crippen molar-refractivity contribution in [1.29, 1.82) is 0 Å². The van der Waals surface area contributed by atoms with Gasteiger partial charge in [0.05, 0.1) is 12.8 Å². The molecule has 0 saturated carbocycles. The van der Waals surface area contributed by atoms with Crippen LogP contribution in [0.15, 0.2) is 29.4 Å². The zero-order chi connectivity index (χ0) is 14.9. The zero-order valence-electron chi connectivity index (χ0n) is 12.2. The topological polar surface area (TPSA) is 44.7 Å². The summed E-state index contributed by atoms with van der Waals surface area (Å²) in [6, 6.07) is 7.40. The molecule has 1 fully saturated rings. The summed E-state index contributed by atoms with van der Waals surface area (Å²) in [6.45, 7) is 2.42. The van der Waals surface area contributed by atoms with Gasteiger partial charge in [-0.15, -0.1) is 0 Å². The predicted octanol–water partition coefficient (Wildman–Crippen LogP) is 3.06. The quantitative estimate of drug-likeness (QED) is 0.686. The Labute approximate surface area is 131 Å². The number of amides is 1. The molecule has 1 aliphatic heterocycles. The highest BCUT2D eigenvalue weighted by molar-refractivity contribution is 6.33. The fourth-order valence-electron chi connectivity index (χ4n) is 2.46. The minimum absolute atomic E-state index is 0.0705. The number of halogens is 1. The van der Waals surface area contributed by atoms with Gasteiger partial charge in [-0.25, -0.2) is 5.43 Å². The van der Waals surface area contributed by atoms with Gasteiger partial charge in [0.25, 0.3) is 5.91 Å². The maximum absolute atomic E-state index is 11.9. The number of likely N-dealkylation sites (tertiary alicyclic amines) is 1. The van der Waals surface area contributed by atoms with Crippen molar-refractivity contribution >= 4 is 23.7 Å². The van der Waals surface area contributed by atoms with Crippen LogP contribution < -0.4 is 5.43 Å². The molecule has 0 aliphatic carbocycles. The van der Waals surface area contributed by atoms with Crippen LogP contribution in [0.3, 0.4) is 0 Å². The second-order valence-corrected chi connectivity index (χ2v) is 5.77. The van der Waals surface area contributed by atoms with Crippen molar-refractivity contribution in [3.8, 4) is 0 Å². The lowest BCUT2D eigenvalue weighted by Crippen LogP contribution is -2.37. The molecule has 114 valence electrons. The Bertz CT molecular complexity index is 482. The number of nitrogens with zero attached hydrogens (tertiary/aromatic N) is 2. The molecule has 1 heterocycles. The van der Waals surface area contributed by atoms with Crippen molar-refractivity contribution in [2.24, 2.45) is 5.10 Å². The highest BCUT2D eigenvalue weighted by atomic mass is 35.5. The minimum Gasteiger partial charge on any atom is -0.294 e. The highest BCUT2D eigenvalue weighted by Crippen LogP contribution is 2.12. The van der Waals surface area contributed by atoms with E-state index >= 15 is 0 Å². The van der Waals surface area contributed by atoms with E-state index in [9.17, 15) is 4.79 Å². The van der Waals surface area contributed by atoms with Crippen LogP contribution >= 0.6 is 11.6 Å². The smallest absolute Gasteiger partial charge is 0.254 e. The first-order valence-electron chi connectivity index (χ1n) is 7.54. The first-order valence-corrected chi connectivity index (χ1v) is 7.92. The number of rotatable bonds is 4. The van der Waals surface area contributed by atoms with Crippen LogP contribution in [0.2, 0.25) is 5.02 Å². The molecular weight excluding hydrogens is 286 g/mol. The Balaban J connectivity index is 1.77. The Morgan fingerprint density at radius 2 is 1.86 bits per heavy atom. The minimum atomic E-state index is -0.0705. The molecule has 5 heteroatoms. The molecule has 1 aromatic rings. The third-order valence-corrected chi connectivity index (χ3v) is 3.96. The van der Waals surface area contributed by atoms with E-state index in [1.807, 2.05) is 18.2 Å². The summed E-state index contributed by atoms with van der Waals surface area (Å²) in [5.74, 6) is -0.0705. The van der Waals surface area contributed by atoms with Crippen molar-refractivity contribution in [3.05, 3.63) is 34.9 Å². The van der Waals surface area contributed by atoms with Gasteiger partial charge < -0.3 is 0 Å². The number of hydrogen-bond acceptors (Lipinski definition) is 3. The van der Waals surface area contributed by atoms with Crippen LogP contribution in [0, 0.1) is 0 Å². The third kappa shape index (κ3) is 5.86. The van der Waals surface area contributed by atoms with Crippen LogP contribution in [-0.4, -0.2) is 36.7 Å². The number of carbonyl (C=O) groups excluding carboxylic acids is 1. The molecule has 1 aromatic carbocycles. The van der Waals surface area contributed by atoms with Crippen molar-refractivity contribution in [1.82, 2.24) is 10.3 Å². The number of nitrogens with one attached hydrogen (secondary N) is 1. The lowest BCUT2D eigenvalue weighted by atomic mass is 10.1. The van der Waals surface area contributed by atoms with E-state index in [-0.39, 0.29) is 5.91 Å². The Morgan fingerprint density at radius 1 is 1.19 bits per heavy atom. The monoisotopic (exact) mass is 307 g/mol. The zero-order valence-corrected chi connectivity index (χ0v) is 13.0. The molecule has 0 bridgehead atoms. The third-order valence-electron chi connectivity index (χ3n) is 3.61. The number of carbonyl (C=O) groups is 1. The largest absolute Gasteiger partial charge is 0.294 e.